The quantitative estimate of drug-likeness (QED) is 0.821. The smallest absolute Gasteiger partial charge is 0.228 e. The number of carbonyl (C=O) groups is 2. The minimum absolute atomic E-state index is 0.135. The van der Waals surface area contributed by atoms with Gasteiger partial charge in [0.1, 0.15) is 11.6 Å². The lowest BCUT2D eigenvalue weighted by atomic mass is 10.1. The molecule has 0 unspecified atom stereocenters. The molecule has 3 heterocycles. The van der Waals surface area contributed by atoms with Gasteiger partial charge >= 0.3 is 0 Å². The first kappa shape index (κ1) is 15.6. The highest BCUT2D eigenvalue weighted by Crippen LogP contribution is 2.33. The zero-order valence-corrected chi connectivity index (χ0v) is 14.4. The molecule has 2 aliphatic heterocycles. The molecule has 2 amide bonds. The van der Waals surface area contributed by atoms with Crippen molar-refractivity contribution in [2.24, 2.45) is 5.92 Å². The van der Waals surface area contributed by atoms with Crippen LogP contribution < -0.4 is 0 Å². The van der Waals surface area contributed by atoms with Crippen LogP contribution in [0, 0.1) is 5.92 Å². The molecule has 1 saturated carbocycles. The van der Waals surface area contributed by atoms with Crippen LogP contribution >= 0.6 is 0 Å². The summed E-state index contributed by atoms with van der Waals surface area (Å²) in [6, 6.07) is 0.407. The molecule has 4 rings (SSSR count). The molecule has 1 aliphatic carbocycles. The summed E-state index contributed by atoms with van der Waals surface area (Å²) >= 11 is 0. The zero-order valence-electron chi connectivity index (χ0n) is 14.4. The van der Waals surface area contributed by atoms with E-state index in [0.717, 1.165) is 37.5 Å². The van der Waals surface area contributed by atoms with Crippen molar-refractivity contribution in [3.05, 3.63) is 11.6 Å². The fraction of sp³-hybridized carbons (Fsp3) is 0.765. The highest BCUT2D eigenvalue weighted by molar-refractivity contribution is 5.89. The van der Waals surface area contributed by atoms with Gasteiger partial charge in [-0.3, -0.25) is 9.59 Å². The summed E-state index contributed by atoms with van der Waals surface area (Å²) in [6.45, 7) is 6.93. The van der Waals surface area contributed by atoms with Crippen molar-refractivity contribution in [1.82, 2.24) is 24.6 Å². The van der Waals surface area contributed by atoms with Crippen LogP contribution in [0.4, 0.5) is 0 Å². The van der Waals surface area contributed by atoms with E-state index in [2.05, 4.69) is 28.6 Å². The summed E-state index contributed by atoms with van der Waals surface area (Å²) in [5, 5.41) is 8.59. The van der Waals surface area contributed by atoms with E-state index in [4.69, 9.17) is 0 Å². The fourth-order valence-corrected chi connectivity index (χ4v) is 3.89. The Morgan fingerprint density at radius 1 is 1.17 bits per heavy atom. The normalized spacial score (nSPS) is 24.5. The second kappa shape index (κ2) is 5.86. The van der Waals surface area contributed by atoms with E-state index in [0.29, 0.717) is 38.0 Å². The van der Waals surface area contributed by atoms with E-state index < -0.39 is 0 Å². The molecule has 130 valence electrons. The van der Waals surface area contributed by atoms with Crippen LogP contribution in [-0.2, 0) is 22.6 Å². The second-order valence-electron chi connectivity index (χ2n) is 7.53. The maximum atomic E-state index is 12.9. The van der Waals surface area contributed by atoms with Gasteiger partial charge in [0.2, 0.25) is 11.8 Å². The molecule has 0 N–H and O–H groups in total. The van der Waals surface area contributed by atoms with Gasteiger partial charge in [-0.15, -0.1) is 10.2 Å². The molecule has 0 spiro atoms. The van der Waals surface area contributed by atoms with E-state index in [1.54, 1.807) is 0 Å². The van der Waals surface area contributed by atoms with Crippen molar-refractivity contribution in [3.8, 4) is 0 Å². The summed E-state index contributed by atoms with van der Waals surface area (Å²) in [5.41, 5.74) is 0. The Labute approximate surface area is 142 Å². The number of hydrogen-bond acceptors (Lipinski definition) is 4. The van der Waals surface area contributed by atoms with Gasteiger partial charge in [0, 0.05) is 51.0 Å². The number of hydrogen-bond donors (Lipinski definition) is 0. The van der Waals surface area contributed by atoms with Gasteiger partial charge in [0.25, 0.3) is 0 Å². The first-order valence-corrected chi connectivity index (χ1v) is 9.05. The highest BCUT2D eigenvalue weighted by Gasteiger charge is 2.43. The van der Waals surface area contributed by atoms with Crippen molar-refractivity contribution in [1.29, 1.82) is 0 Å². The number of likely N-dealkylation sites (tertiary alicyclic amines) is 1. The average Bonchev–Trinajstić information content (AvgIpc) is 3.25. The number of amides is 2. The number of fused-ring (bicyclic) bond motifs is 1. The number of carbonyl (C=O) groups excluding carboxylic acids is 2. The summed E-state index contributed by atoms with van der Waals surface area (Å²) in [6.07, 6.45) is 3.32. The van der Waals surface area contributed by atoms with E-state index in [1.807, 2.05) is 9.80 Å². The van der Waals surface area contributed by atoms with Gasteiger partial charge < -0.3 is 14.4 Å². The van der Waals surface area contributed by atoms with Gasteiger partial charge in [-0.1, -0.05) is 13.8 Å². The largest absolute Gasteiger partial charge is 0.340 e. The minimum atomic E-state index is -0.161. The zero-order chi connectivity index (χ0) is 16.8. The van der Waals surface area contributed by atoms with E-state index in [-0.39, 0.29) is 17.7 Å². The third-order valence-corrected chi connectivity index (χ3v) is 5.38. The van der Waals surface area contributed by atoms with Crippen molar-refractivity contribution in [2.45, 2.75) is 58.0 Å². The van der Waals surface area contributed by atoms with Crippen LogP contribution in [0.2, 0.25) is 0 Å². The van der Waals surface area contributed by atoms with Gasteiger partial charge in [0.15, 0.2) is 0 Å². The lowest BCUT2D eigenvalue weighted by Crippen LogP contribution is -2.39. The second-order valence-corrected chi connectivity index (χ2v) is 7.53. The van der Waals surface area contributed by atoms with Crippen molar-refractivity contribution >= 4 is 11.8 Å². The molecule has 0 aromatic carbocycles. The number of rotatable bonds is 3. The van der Waals surface area contributed by atoms with Gasteiger partial charge in [0.05, 0.1) is 5.92 Å². The van der Waals surface area contributed by atoms with Gasteiger partial charge in [-0.2, -0.15) is 0 Å². The lowest BCUT2D eigenvalue weighted by molar-refractivity contribution is -0.135. The Kier molecular flexibility index (Phi) is 3.81. The Morgan fingerprint density at radius 2 is 1.96 bits per heavy atom. The Balaban J connectivity index is 1.43. The van der Waals surface area contributed by atoms with Crippen LogP contribution in [0.1, 0.15) is 50.7 Å². The Hall–Kier alpha value is -1.92. The third-order valence-electron chi connectivity index (χ3n) is 5.38. The predicted molar refractivity (Wildman–Crippen MR) is 87.2 cm³/mol. The molecule has 24 heavy (non-hydrogen) atoms. The van der Waals surface area contributed by atoms with E-state index >= 15 is 0 Å². The molecule has 1 aromatic rings. The van der Waals surface area contributed by atoms with Crippen molar-refractivity contribution < 1.29 is 9.59 Å². The minimum Gasteiger partial charge on any atom is -0.340 e. The number of aromatic nitrogens is 3. The van der Waals surface area contributed by atoms with Gasteiger partial charge in [-0.05, 0) is 12.8 Å². The molecular formula is C17H25N5O2. The summed E-state index contributed by atoms with van der Waals surface area (Å²) < 4.78 is 2.16. The molecule has 1 atom stereocenters. The molecule has 1 saturated heterocycles. The summed E-state index contributed by atoms with van der Waals surface area (Å²) in [7, 11) is 0. The topological polar surface area (TPSA) is 71.3 Å². The van der Waals surface area contributed by atoms with Crippen molar-refractivity contribution in [2.75, 3.05) is 19.6 Å². The standard InChI is InChI=1S/C17H25N5O2/c1-11(2)16-19-18-14-5-6-20(7-8-21(14)16)17(24)12-9-15(23)22(10-12)13-3-4-13/h11-13H,3-10H2,1-2H3/t12-/m1/s1. The van der Waals surface area contributed by atoms with E-state index in [9.17, 15) is 9.59 Å². The molecule has 1 aromatic heterocycles. The Bertz CT molecular complexity index is 664. The van der Waals surface area contributed by atoms with Crippen LogP contribution in [0.3, 0.4) is 0 Å². The molecule has 2 fully saturated rings. The maximum Gasteiger partial charge on any atom is 0.228 e. The van der Waals surface area contributed by atoms with Gasteiger partial charge in [-0.25, -0.2) is 0 Å². The van der Waals surface area contributed by atoms with Crippen LogP contribution in [0.5, 0.6) is 0 Å². The number of nitrogens with zero attached hydrogens (tertiary/aromatic N) is 5. The van der Waals surface area contributed by atoms with E-state index in [1.165, 1.54) is 0 Å². The third kappa shape index (κ3) is 2.70. The SMILES string of the molecule is CC(C)c1nnc2n1CCN(C(=O)[C@@H]1CC(=O)N(C3CC3)C1)CC2. The molecular weight excluding hydrogens is 306 g/mol. The predicted octanol–water partition coefficient (Wildman–Crippen LogP) is 0.797. The highest BCUT2D eigenvalue weighted by atomic mass is 16.2. The fourth-order valence-electron chi connectivity index (χ4n) is 3.89. The van der Waals surface area contributed by atoms with Crippen LogP contribution in [-0.4, -0.2) is 62.1 Å². The first-order valence-electron chi connectivity index (χ1n) is 9.05. The molecule has 0 bridgehead atoms. The summed E-state index contributed by atoms with van der Waals surface area (Å²) in [4.78, 5) is 28.8. The monoisotopic (exact) mass is 331 g/mol. The molecule has 7 nitrogen and oxygen atoms in total. The first-order chi connectivity index (χ1) is 11.5. The maximum absolute atomic E-state index is 12.9. The Morgan fingerprint density at radius 3 is 2.67 bits per heavy atom. The summed E-state index contributed by atoms with van der Waals surface area (Å²) in [5.74, 6) is 2.42. The lowest BCUT2D eigenvalue weighted by Gasteiger charge is -2.24. The average molecular weight is 331 g/mol. The molecule has 0 radical (unpaired) electrons. The van der Waals surface area contributed by atoms with Crippen molar-refractivity contribution in [3.63, 3.8) is 0 Å². The molecule has 3 aliphatic rings. The van der Waals surface area contributed by atoms with Crippen LogP contribution in [0.15, 0.2) is 0 Å². The van der Waals surface area contributed by atoms with Crippen LogP contribution in [0.25, 0.3) is 0 Å². The molecule has 7 heteroatoms.